The van der Waals surface area contributed by atoms with Crippen molar-refractivity contribution < 1.29 is 14.7 Å². The molecule has 2 aromatic rings. The predicted octanol–water partition coefficient (Wildman–Crippen LogP) is 1.21. The van der Waals surface area contributed by atoms with Gasteiger partial charge < -0.3 is 10.4 Å². The zero-order chi connectivity index (χ0) is 16.3. The Balaban J connectivity index is 1.58. The van der Waals surface area contributed by atoms with Gasteiger partial charge in [-0.2, -0.15) is 0 Å². The van der Waals surface area contributed by atoms with E-state index < -0.39 is 5.97 Å². The minimum atomic E-state index is -1.16. The maximum Gasteiger partial charge on any atom is 0.358 e. The van der Waals surface area contributed by atoms with E-state index in [-0.39, 0.29) is 23.6 Å². The monoisotopic (exact) mass is 314 g/mol. The molecule has 1 aliphatic carbocycles. The maximum atomic E-state index is 12.1. The van der Waals surface area contributed by atoms with Crippen LogP contribution in [0.25, 0.3) is 0 Å². The fourth-order valence-corrected chi connectivity index (χ4v) is 2.91. The Hall–Kier alpha value is -2.70. The Bertz CT molecular complexity index is 707. The Morgan fingerprint density at radius 3 is 2.57 bits per heavy atom. The third-order valence-corrected chi connectivity index (χ3v) is 4.38. The Morgan fingerprint density at radius 1 is 1.26 bits per heavy atom. The molecule has 1 aromatic heterocycles. The van der Waals surface area contributed by atoms with Gasteiger partial charge in [-0.25, -0.2) is 9.48 Å². The number of carboxylic acid groups (broad SMARTS) is 1. The third kappa shape index (κ3) is 3.23. The van der Waals surface area contributed by atoms with Gasteiger partial charge in [-0.1, -0.05) is 42.0 Å². The molecule has 0 bridgehead atoms. The van der Waals surface area contributed by atoms with E-state index in [1.165, 1.54) is 16.4 Å². The van der Waals surface area contributed by atoms with Crippen LogP contribution in [0.3, 0.4) is 0 Å². The average Bonchev–Trinajstić information content (AvgIpc) is 2.96. The summed E-state index contributed by atoms with van der Waals surface area (Å²) in [6.45, 7) is 0.543. The minimum absolute atomic E-state index is 0.0194. The van der Waals surface area contributed by atoms with Crippen molar-refractivity contribution in [3.05, 3.63) is 47.8 Å². The van der Waals surface area contributed by atoms with E-state index in [9.17, 15) is 9.59 Å². The zero-order valence-corrected chi connectivity index (χ0v) is 12.6. The second-order valence-electron chi connectivity index (χ2n) is 5.88. The highest BCUT2D eigenvalue weighted by atomic mass is 16.4. The normalized spacial score (nSPS) is 15.7. The number of hydrogen-bond donors (Lipinski definition) is 2. The molecule has 0 radical (unpaired) electrons. The molecule has 1 amide bonds. The molecule has 0 aliphatic heterocycles. The van der Waals surface area contributed by atoms with Crippen LogP contribution in [-0.2, 0) is 16.8 Å². The molecule has 2 N–H and O–H groups in total. The third-order valence-electron chi connectivity index (χ3n) is 4.38. The molecule has 1 fully saturated rings. The predicted molar refractivity (Wildman–Crippen MR) is 82.0 cm³/mol. The van der Waals surface area contributed by atoms with Crippen LogP contribution < -0.4 is 5.32 Å². The number of aromatic nitrogens is 3. The molecule has 1 aliphatic rings. The van der Waals surface area contributed by atoms with Gasteiger partial charge >= 0.3 is 5.97 Å². The number of hydrogen-bond acceptors (Lipinski definition) is 4. The van der Waals surface area contributed by atoms with Crippen LogP contribution in [0.15, 0.2) is 36.5 Å². The lowest BCUT2D eigenvalue weighted by Crippen LogP contribution is -2.46. The molecule has 0 spiro atoms. The van der Waals surface area contributed by atoms with E-state index in [1.807, 2.05) is 18.2 Å². The minimum Gasteiger partial charge on any atom is -0.476 e. The first-order valence-electron chi connectivity index (χ1n) is 7.55. The summed E-state index contributed by atoms with van der Waals surface area (Å²) in [6, 6.07) is 10.2. The zero-order valence-electron chi connectivity index (χ0n) is 12.6. The van der Waals surface area contributed by atoms with Crippen molar-refractivity contribution in [2.45, 2.75) is 31.2 Å². The standard InChI is InChI=1S/C16H18N4O3/c21-14(10-20-9-13(15(22)23)18-19-20)17-11-16(7-4-8-16)12-5-2-1-3-6-12/h1-3,5-6,9H,4,7-8,10-11H2,(H,17,21)(H,22,23). The molecule has 7 heteroatoms. The molecule has 23 heavy (non-hydrogen) atoms. The summed E-state index contributed by atoms with van der Waals surface area (Å²) in [5.41, 5.74) is 1.10. The van der Waals surface area contributed by atoms with E-state index >= 15 is 0 Å². The number of nitrogens with one attached hydrogen (secondary N) is 1. The van der Waals surface area contributed by atoms with E-state index in [0.717, 1.165) is 19.3 Å². The van der Waals surface area contributed by atoms with Crippen molar-refractivity contribution >= 4 is 11.9 Å². The molecular weight excluding hydrogens is 296 g/mol. The van der Waals surface area contributed by atoms with Crippen LogP contribution in [0.4, 0.5) is 0 Å². The second-order valence-corrected chi connectivity index (χ2v) is 5.88. The van der Waals surface area contributed by atoms with Crippen LogP contribution in [-0.4, -0.2) is 38.5 Å². The number of benzene rings is 1. The SMILES string of the molecule is O=C(Cn1cc(C(=O)O)nn1)NCC1(c2ccccc2)CCC1. The molecule has 1 saturated carbocycles. The summed E-state index contributed by atoms with van der Waals surface area (Å²) >= 11 is 0. The molecule has 0 unspecified atom stereocenters. The molecule has 1 aromatic carbocycles. The molecular formula is C16H18N4O3. The maximum absolute atomic E-state index is 12.1. The Kier molecular flexibility index (Phi) is 4.10. The van der Waals surface area contributed by atoms with Gasteiger partial charge in [-0.15, -0.1) is 5.10 Å². The van der Waals surface area contributed by atoms with Crippen molar-refractivity contribution in [2.24, 2.45) is 0 Å². The number of carbonyl (C=O) groups is 2. The molecule has 0 saturated heterocycles. The molecule has 1 heterocycles. The Labute approximate surface area is 133 Å². The van der Waals surface area contributed by atoms with E-state index in [1.54, 1.807) is 0 Å². The largest absolute Gasteiger partial charge is 0.476 e. The van der Waals surface area contributed by atoms with Crippen LogP contribution in [0.5, 0.6) is 0 Å². The van der Waals surface area contributed by atoms with Gasteiger partial charge in [0, 0.05) is 12.0 Å². The quantitative estimate of drug-likeness (QED) is 0.835. The highest BCUT2D eigenvalue weighted by Crippen LogP contribution is 2.43. The van der Waals surface area contributed by atoms with E-state index in [2.05, 4.69) is 27.8 Å². The van der Waals surface area contributed by atoms with E-state index in [4.69, 9.17) is 5.11 Å². The fraction of sp³-hybridized carbons (Fsp3) is 0.375. The summed E-state index contributed by atoms with van der Waals surface area (Å²) in [5.74, 6) is -1.36. The highest BCUT2D eigenvalue weighted by Gasteiger charge is 2.38. The van der Waals surface area contributed by atoms with Crippen molar-refractivity contribution in [1.29, 1.82) is 0 Å². The van der Waals surface area contributed by atoms with E-state index in [0.29, 0.717) is 6.54 Å². The molecule has 3 rings (SSSR count). The number of carboxylic acids is 1. The first-order chi connectivity index (χ1) is 11.1. The van der Waals surface area contributed by atoms with Gasteiger partial charge in [0.05, 0.1) is 6.20 Å². The van der Waals surface area contributed by atoms with Crippen molar-refractivity contribution in [2.75, 3.05) is 6.54 Å². The van der Waals surface area contributed by atoms with Crippen molar-refractivity contribution in [3.8, 4) is 0 Å². The van der Waals surface area contributed by atoms with Gasteiger partial charge in [0.2, 0.25) is 5.91 Å². The van der Waals surface area contributed by atoms with Gasteiger partial charge in [0.15, 0.2) is 5.69 Å². The van der Waals surface area contributed by atoms with Gasteiger partial charge in [0.1, 0.15) is 6.54 Å². The van der Waals surface area contributed by atoms with Crippen molar-refractivity contribution in [3.63, 3.8) is 0 Å². The lowest BCUT2D eigenvalue weighted by Gasteiger charge is -2.42. The van der Waals surface area contributed by atoms with Gasteiger partial charge in [-0.05, 0) is 18.4 Å². The van der Waals surface area contributed by atoms with Crippen LogP contribution in [0.2, 0.25) is 0 Å². The van der Waals surface area contributed by atoms with Crippen LogP contribution in [0.1, 0.15) is 35.3 Å². The second kappa shape index (κ2) is 6.20. The van der Waals surface area contributed by atoms with Gasteiger partial charge in [-0.3, -0.25) is 4.79 Å². The van der Waals surface area contributed by atoms with Crippen LogP contribution in [0, 0.1) is 0 Å². The summed E-state index contributed by atoms with van der Waals surface area (Å²) in [5, 5.41) is 18.9. The van der Waals surface area contributed by atoms with Crippen molar-refractivity contribution in [1.82, 2.24) is 20.3 Å². The number of rotatable bonds is 6. The number of amides is 1. The molecule has 0 atom stereocenters. The topological polar surface area (TPSA) is 97.1 Å². The van der Waals surface area contributed by atoms with Crippen LogP contribution >= 0.6 is 0 Å². The molecule has 7 nitrogen and oxygen atoms in total. The average molecular weight is 314 g/mol. The van der Waals surface area contributed by atoms with Gasteiger partial charge in [0.25, 0.3) is 0 Å². The fourth-order valence-electron chi connectivity index (χ4n) is 2.91. The summed E-state index contributed by atoms with van der Waals surface area (Å²) in [4.78, 5) is 22.8. The smallest absolute Gasteiger partial charge is 0.358 e. The highest BCUT2D eigenvalue weighted by molar-refractivity contribution is 5.84. The first-order valence-corrected chi connectivity index (χ1v) is 7.55. The Morgan fingerprint density at radius 2 is 2.00 bits per heavy atom. The number of aromatic carboxylic acids is 1. The summed E-state index contributed by atoms with van der Waals surface area (Å²) in [6.07, 6.45) is 4.53. The first kappa shape index (κ1) is 15.2. The summed E-state index contributed by atoms with van der Waals surface area (Å²) in [7, 11) is 0. The number of carbonyl (C=O) groups excluding carboxylic acids is 1. The lowest BCUT2D eigenvalue weighted by molar-refractivity contribution is -0.122. The lowest BCUT2D eigenvalue weighted by atomic mass is 9.64. The number of nitrogens with zero attached hydrogens (tertiary/aromatic N) is 3. The summed E-state index contributed by atoms with van der Waals surface area (Å²) < 4.78 is 1.23. The molecule has 120 valence electrons.